The van der Waals surface area contributed by atoms with Gasteiger partial charge in [0.1, 0.15) is 0 Å². The molecule has 0 unspecified atom stereocenters. The third-order valence-electron chi connectivity index (χ3n) is 4.08. The molecule has 1 aliphatic rings. The van der Waals surface area contributed by atoms with Crippen molar-refractivity contribution < 1.29 is 29.5 Å². The number of phenolic OH excluding ortho intramolecular Hbond substituents is 1. The van der Waals surface area contributed by atoms with Gasteiger partial charge in [-0.05, 0) is 46.6 Å². The predicted molar refractivity (Wildman–Crippen MR) is 110 cm³/mol. The van der Waals surface area contributed by atoms with Crippen LogP contribution in [0.15, 0.2) is 45.8 Å². The minimum absolute atomic E-state index is 0.0683. The Morgan fingerprint density at radius 1 is 1.21 bits per heavy atom. The molecule has 0 radical (unpaired) electrons. The first-order valence-corrected chi connectivity index (χ1v) is 9.68. The molecule has 3 N–H and O–H groups in total. The molecule has 10 heteroatoms. The number of carbonyl (C=O) groups is 2. The molecule has 28 heavy (non-hydrogen) atoms. The van der Waals surface area contributed by atoms with Gasteiger partial charge in [0.2, 0.25) is 0 Å². The number of halogens is 1. The molecule has 2 aromatic rings. The van der Waals surface area contributed by atoms with E-state index in [2.05, 4.69) is 15.9 Å². The second-order valence-corrected chi connectivity index (χ2v) is 7.78. The Balaban J connectivity index is 1.81. The Labute approximate surface area is 173 Å². The summed E-state index contributed by atoms with van der Waals surface area (Å²) in [6.07, 6.45) is 1.53. The highest BCUT2D eigenvalue weighted by Crippen LogP contribution is 2.37. The van der Waals surface area contributed by atoms with E-state index in [0.717, 1.165) is 16.7 Å². The van der Waals surface area contributed by atoms with E-state index < -0.39 is 18.3 Å². The van der Waals surface area contributed by atoms with Crippen LogP contribution in [0.5, 0.6) is 11.5 Å². The van der Waals surface area contributed by atoms with Crippen LogP contribution in [0, 0.1) is 0 Å². The fraction of sp³-hybridized carbons (Fsp3) is 0.111. The number of benzene rings is 2. The van der Waals surface area contributed by atoms with Crippen molar-refractivity contribution in [2.24, 2.45) is 0 Å². The Bertz CT molecular complexity index is 963. The lowest BCUT2D eigenvalue weighted by molar-refractivity contribution is -0.123. The number of phenols is 1. The molecule has 0 spiro atoms. The van der Waals surface area contributed by atoms with Gasteiger partial charge in [-0.25, -0.2) is 0 Å². The maximum atomic E-state index is 12.7. The minimum atomic E-state index is -1.58. The molecule has 3 rings (SSSR count). The fourth-order valence-corrected chi connectivity index (χ4v) is 3.86. The van der Waals surface area contributed by atoms with E-state index in [0.29, 0.717) is 21.1 Å². The molecule has 0 aliphatic carbocycles. The summed E-state index contributed by atoms with van der Waals surface area (Å²) in [5.74, 6) is -0.237. The number of aromatic hydroxyl groups is 1. The Hall–Kier alpha value is -2.27. The van der Waals surface area contributed by atoms with E-state index in [4.69, 9.17) is 14.8 Å². The molecular weight excluding hydrogens is 449 g/mol. The molecule has 7 nitrogen and oxygen atoms in total. The normalized spacial score (nSPS) is 15.4. The van der Waals surface area contributed by atoms with Crippen LogP contribution in [0.3, 0.4) is 0 Å². The highest BCUT2D eigenvalue weighted by atomic mass is 79.9. The number of ether oxygens (including phenoxy) is 1. The van der Waals surface area contributed by atoms with Crippen LogP contribution in [-0.2, 0) is 11.3 Å². The maximum Gasteiger partial charge on any atom is 0.488 e. The molecule has 0 aromatic heterocycles. The van der Waals surface area contributed by atoms with Crippen LogP contribution in [0.25, 0.3) is 6.08 Å². The topological polar surface area (TPSA) is 107 Å². The highest BCUT2D eigenvalue weighted by Gasteiger charge is 2.35. The summed E-state index contributed by atoms with van der Waals surface area (Å²) >= 11 is 4.17. The van der Waals surface area contributed by atoms with Gasteiger partial charge in [-0.2, -0.15) is 0 Å². The van der Waals surface area contributed by atoms with Crippen LogP contribution in [-0.4, -0.2) is 45.4 Å². The van der Waals surface area contributed by atoms with Crippen LogP contribution >= 0.6 is 27.7 Å². The molecule has 2 aromatic carbocycles. The molecule has 1 fully saturated rings. The summed E-state index contributed by atoms with van der Waals surface area (Å²) in [5.41, 5.74) is 1.53. The third kappa shape index (κ3) is 4.25. The number of hydrogen-bond acceptors (Lipinski definition) is 7. The zero-order chi connectivity index (χ0) is 20.4. The van der Waals surface area contributed by atoms with Crippen LogP contribution in [0.1, 0.15) is 11.1 Å². The first kappa shape index (κ1) is 20.5. The summed E-state index contributed by atoms with van der Waals surface area (Å²) in [6.45, 7) is 0.0683. The van der Waals surface area contributed by atoms with E-state index in [1.807, 2.05) is 0 Å². The van der Waals surface area contributed by atoms with Gasteiger partial charge in [0.25, 0.3) is 11.1 Å². The number of amides is 2. The van der Waals surface area contributed by atoms with Gasteiger partial charge >= 0.3 is 7.12 Å². The maximum absolute atomic E-state index is 12.7. The summed E-state index contributed by atoms with van der Waals surface area (Å²) in [6, 6.07) is 9.30. The van der Waals surface area contributed by atoms with Crippen molar-refractivity contribution >= 4 is 57.5 Å². The third-order valence-corrected chi connectivity index (χ3v) is 5.67. The molecule has 1 aliphatic heterocycles. The second kappa shape index (κ2) is 8.40. The van der Waals surface area contributed by atoms with Gasteiger partial charge in [-0.15, -0.1) is 0 Å². The number of imide groups is 1. The zero-order valence-electron chi connectivity index (χ0n) is 14.6. The Morgan fingerprint density at radius 2 is 1.89 bits per heavy atom. The number of carbonyl (C=O) groups excluding carboxylic acids is 2. The molecule has 0 atom stereocenters. The smallest absolute Gasteiger partial charge is 0.488 e. The standard InChI is InChI=1S/C18H15BBrNO6S/c1-27-15-8-13(20)11(6-14(15)22)7-16-17(23)21(18(24)28-16)9-10-2-4-12(5-3-10)19(25)26/h2-8,22,25-26H,9H2,1H3/b16-7-. The average Bonchev–Trinajstić information content (AvgIpc) is 2.92. The zero-order valence-corrected chi connectivity index (χ0v) is 17.0. The monoisotopic (exact) mass is 463 g/mol. The van der Waals surface area contributed by atoms with E-state index >= 15 is 0 Å². The van der Waals surface area contributed by atoms with Crippen LogP contribution in [0.2, 0.25) is 0 Å². The van der Waals surface area contributed by atoms with E-state index in [-0.39, 0.29) is 22.9 Å². The first-order chi connectivity index (χ1) is 13.3. The van der Waals surface area contributed by atoms with E-state index in [1.54, 1.807) is 18.2 Å². The number of nitrogens with zero attached hydrogens (tertiary/aromatic N) is 1. The lowest BCUT2D eigenvalue weighted by Gasteiger charge is -2.13. The first-order valence-electron chi connectivity index (χ1n) is 8.07. The largest absolute Gasteiger partial charge is 0.504 e. The molecule has 1 heterocycles. The van der Waals surface area contributed by atoms with Crippen molar-refractivity contribution in [3.05, 3.63) is 56.9 Å². The summed E-state index contributed by atoms with van der Waals surface area (Å²) < 4.78 is 5.63. The summed E-state index contributed by atoms with van der Waals surface area (Å²) in [4.78, 5) is 26.3. The van der Waals surface area contributed by atoms with Gasteiger partial charge < -0.3 is 19.9 Å². The lowest BCUT2D eigenvalue weighted by Crippen LogP contribution is -2.30. The van der Waals surface area contributed by atoms with Crippen molar-refractivity contribution in [2.45, 2.75) is 6.54 Å². The molecular formula is C18H15BBrNO6S. The Kier molecular flexibility index (Phi) is 6.14. The predicted octanol–water partition coefficient (Wildman–Crippen LogP) is 2.08. The molecule has 0 bridgehead atoms. The van der Waals surface area contributed by atoms with Gasteiger partial charge in [0.15, 0.2) is 11.5 Å². The second-order valence-electron chi connectivity index (χ2n) is 5.93. The van der Waals surface area contributed by atoms with E-state index in [1.165, 1.54) is 31.4 Å². The van der Waals surface area contributed by atoms with Crippen molar-refractivity contribution in [2.75, 3.05) is 7.11 Å². The summed E-state index contributed by atoms with van der Waals surface area (Å²) in [5, 5.41) is 27.8. The highest BCUT2D eigenvalue weighted by molar-refractivity contribution is 9.10. The minimum Gasteiger partial charge on any atom is -0.504 e. The number of methoxy groups -OCH3 is 1. The molecule has 2 amide bonds. The number of thioether (sulfide) groups is 1. The van der Waals surface area contributed by atoms with Crippen molar-refractivity contribution in [3.63, 3.8) is 0 Å². The Morgan fingerprint density at radius 3 is 2.50 bits per heavy atom. The molecule has 0 saturated carbocycles. The van der Waals surface area contributed by atoms with Gasteiger partial charge in [0, 0.05) is 4.47 Å². The van der Waals surface area contributed by atoms with Crippen molar-refractivity contribution in [1.29, 1.82) is 0 Å². The molecule has 144 valence electrons. The van der Waals surface area contributed by atoms with Crippen molar-refractivity contribution in [1.82, 2.24) is 4.90 Å². The summed E-state index contributed by atoms with van der Waals surface area (Å²) in [7, 11) is -0.145. The lowest BCUT2D eigenvalue weighted by atomic mass is 9.80. The SMILES string of the molecule is COc1cc(Br)c(/C=C2\SC(=O)N(Cc3ccc(B(O)O)cc3)C2=O)cc1O. The fourth-order valence-electron chi connectivity index (χ4n) is 2.59. The number of rotatable bonds is 5. The quantitative estimate of drug-likeness (QED) is 0.460. The average molecular weight is 464 g/mol. The van der Waals surface area contributed by atoms with Crippen LogP contribution < -0.4 is 10.2 Å². The van der Waals surface area contributed by atoms with E-state index in [9.17, 15) is 14.7 Å². The van der Waals surface area contributed by atoms with Gasteiger partial charge in [-0.1, -0.05) is 40.2 Å². The van der Waals surface area contributed by atoms with Crippen molar-refractivity contribution in [3.8, 4) is 11.5 Å². The molecule has 1 saturated heterocycles. The number of hydrogen-bond donors (Lipinski definition) is 3. The van der Waals surface area contributed by atoms with Crippen LogP contribution in [0.4, 0.5) is 4.79 Å². The van der Waals surface area contributed by atoms with Gasteiger partial charge in [0.05, 0.1) is 18.6 Å². The van der Waals surface area contributed by atoms with Gasteiger partial charge in [-0.3, -0.25) is 14.5 Å².